The molecular weight excluding hydrogens is 328 g/mol. The van der Waals surface area contributed by atoms with Crippen molar-refractivity contribution in [1.29, 1.82) is 5.41 Å². The van der Waals surface area contributed by atoms with Gasteiger partial charge in [0.05, 0.1) is 24.3 Å². The fraction of sp³-hybridized carbons (Fsp3) is 0.562. The molecule has 25 heavy (non-hydrogen) atoms. The molecule has 1 rings (SSSR count). The Bertz CT molecular complexity index is 626. The fourth-order valence-electron chi connectivity index (χ4n) is 2.10. The number of amides is 1. The molecule has 0 saturated heterocycles. The third-order valence-corrected chi connectivity index (χ3v) is 3.26. The zero-order valence-electron chi connectivity index (χ0n) is 14.8. The van der Waals surface area contributed by atoms with Crippen LogP contribution in [0.4, 0.5) is 0 Å². The van der Waals surface area contributed by atoms with Gasteiger partial charge < -0.3 is 24.8 Å². The number of carbonyl (C=O) groups excluding carboxylic acids is 3. The van der Waals surface area contributed by atoms with E-state index in [0.29, 0.717) is 11.9 Å². The molecule has 0 aliphatic carbocycles. The first-order valence-corrected chi connectivity index (χ1v) is 7.83. The third kappa shape index (κ3) is 6.46. The summed E-state index contributed by atoms with van der Waals surface area (Å²) < 4.78 is 12.0. The lowest BCUT2D eigenvalue weighted by atomic mass is 10.1. The monoisotopic (exact) mass is 352 g/mol. The number of Topliss-reactive ketones (excluding diaryl/α,β-unsaturated/α-hetero) is 1. The molecule has 1 amide bonds. The van der Waals surface area contributed by atoms with Gasteiger partial charge >= 0.3 is 5.97 Å². The summed E-state index contributed by atoms with van der Waals surface area (Å²) >= 11 is 0. The summed E-state index contributed by atoms with van der Waals surface area (Å²) in [6, 6.07) is -1.01. The second-order valence-corrected chi connectivity index (χ2v) is 5.78. The van der Waals surface area contributed by atoms with Crippen LogP contribution >= 0.6 is 0 Å². The summed E-state index contributed by atoms with van der Waals surface area (Å²) in [6.45, 7) is 3.37. The summed E-state index contributed by atoms with van der Waals surface area (Å²) in [5.74, 6) is -1.64. The minimum Gasteiger partial charge on any atom is -0.461 e. The Balaban J connectivity index is 2.85. The van der Waals surface area contributed by atoms with Crippen molar-refractivity contribution in [2.75, 3.05) is 7.11 Å². The average molecular weight is 352 g/mol. The van der Waals surface area contributed by atoms with Crippen LogP contribution in [0.25, 0.3) is 0 Å². The van der Waals surface area contributed by atoms with Crippen LogP contribution in [0.3, 0.4) is 0 Å². The van der Waals surface area contributed by atoms with Gasteiger partial charge in [-0.1, -0.05) is 0 Å². The molecule has 0 aliphatic heterocycles. The molecule has 0 bridgehead atoms. The van der Waals surface area contributed by atoms with Gasteiger partial charge in [-0.2, -0.15) is 0 Å². The molecule has 0 radical (unpaired) electrons. The molecule has 0 saturated carbocycles. The second-order valence-electron chi connectivity index (χ2n) is 5.78. The lowest BCUT2D eigenvalue weighted by Gasteiger charge is -2.21. The molecule has 0 aromatic carbocycles. The smallest absolute Gasteiger partial charge is 0.328 e. The minimum atomic E-state index is -1.01. The maximum atomic E-state index is 12.5. The van der Waals surface area contributed by atoms with Gasteiger partial charge in [-0.05, 0) is 20.3 Å². The number of imidazole rings is 1. The van der Waals surface area contributed by atoms with E-state index in [2.05, 4.69) is 10.3 Å². The van der Waals surface area contributed by atoms with Crippen molar-refractivity contribution in [2.24, 2.45) is 7.05 Å². The minimum absolute atomic E-state index is 0.0319. The number of esters is 1. The van der Waals surface area contributed by atoms with Crippen LogP contribution in [0.15, 0.2) is 12.5 Å². The van der Waals surface area contributed by atoms with Crippen molar-refractivity contribution in [3.8, 4) is 0 Å². The van der Waals surface area contributed by atoms with Crippen LogP contribution in [-0.4, -0.2) is 52.7 Å². The van der Waals surface area contributed by atoms with Gasteiger partial charge in [0, 0.05) is 26.8 Å². The predicted octanol–water partition coefficient (Wildman–Crippen LogP) is 0.543. The SMILES string of the molecule is CO[C@@H](C(=O)N[C@@H](CCC(=O)C=N)C(=O)OC(C)C)c1cn(C)cn1. The Morgan fingerprint density at radius 2 is 2.08 bits per heavy atom. The molecule has 138 valence electrons. The molecule has 0 unspecified atom stereocenters. The van der Waals surface area contributed by atoms with Gasteiger partial charge in [0.15, 0.2) is 11.9 Å². The maximum absolute atomic E-state index is 12.5. The molecule has 0 fully saturated rings. The highest BCUT2D eigenvalue weighted by Crippen LogP contribution is 2.15. The van der Waals surface area contributed by atoms with Crippen molar-refractivity contribution >= 4 is 23.9 Å². The highest BCUT2D eigenvalue weighted by Gasteiger charge is 2.29. The van der Waals surface area contributed by atoms with Gasteiger partial charge in [0.2, 0.25) is 0 Å². The van der Waals surface area contributed by atoms with Crippen LogP contribution in [0, 0.1) is 5.41 Å². The van der Waals surface area contributed by atoms with Crippen molar-refractivity contribution in [3.63, 3.8) is 0 Å². The average Bonchev–Trinajstić information content (AvgIpc) is 2.97. The molecule has 1 heterocycles. The second kappa shape index (κ2) is 9.67. The topological polar surface area (TPSA) is 123 Å². The molecule has 0 spiro atoms. The number of hydrogen-bond donors (Lipinski definition) is 2. The van der Waals surface area contributed by atoms with Crippen LogP contribution in [0.2, 0.25) is 0 Å². The Hall–Kier alpha value is -2.55. The largest absolute Gasteiger partial charge is 0.461 e. The molecule has 0 aliphatic rings. The predicted molar refractivity (Wildman–Crippen MR) is 89.1 cm³/mol. The zero-order chi connectivity index (χ0) is 19.0. The van der Waals surface area contributed by atoms with Crippen LogP contribution in [-0.2, 0) is 30.9 Å². The van der Waals surface area contributed by atoms with Gasteiger partial charge in [0.1, 0.15) is 6.04 Å². The standard InChI is InChI=1S/C16H24N4O5/c1-10(2)25-16(23)12(6-5-11(21)7-17)19-15(22)14(24-4)13-8-20(3)9-18-13/h7-10,12,14,17H,5-6H2,1-4H3,(H,19,22)/t12-,14+/m0/s1. The molecule has 1 aromatic heterocycles. The first-order valence-electron chi connectivity index (χ1n) is 7.83. The number of rotatable bonds is 10. The number of hydrogen-bond acceptors (Lipinski definition) is 7. The van der Waals surface area contributed by atoms with E-state index in [4.69, 9.17) is 14.9 Å². The number of nitrogens with one attached hydrogen (secondary N) is 2. The molecule has 9 nitrogen and oxygen atoms in total. The van der Waals surface area contributed by atoms with E-state index in [-0.39, 0.29) is 18.9 Å². The highest BCUT2D eigenvalue weighted by molar-refractivity contribution is 6.26. The number of ketones is 1. The quantitative estimate of drug-likeness (QED) is 0.468. The first kappa shape index (κ1) is 20.5. The van der Waals surface area contributed by atoms with E-state index in [1.54, 1.807) is 31.7 Å². The van der Waals surface area contributed by atoms with Gasteiger partial charge in [-0.15, -0.1) is 0 Å². The summed E-state index contributed by atoms with van der Waals surface area (Å²) in [6.07, 6.45) is 2.47. The normalized spacial score (nSPS) is 13.2. The molecule has 2 atom stereocenters. The summed E-state index contributed by atoms with van der Waals surface area (Å²) in [5.41, 5.74) is 0.397. The fourth-order valence-corrected chi connectivity index (χ4v) is 2.10. The lowest BCUT2D eigenvalue weighted by molar-refractivity contribution is -0.152. The number of aromatic nitrogens is 2. The van der Waals surface area contributed by atoms with E-state index >= 15 is 0 Å². The van der Waals surface area contributed by atoms with E-state index in [1.165, 1.54) is 13.4 Å². The molecule has 9 heteroatoms. The molecule has 2 N–H and O–H groups in total. The van der Waals surface area contributed by atoms with E-state index < -0.39 is 29.8 Å². The number of methoxy groups -OCH3 is 1. The maximum Gasteiger partial charge on any atom is 0.328 e. The van der Waals surface area contributed by atoms with Gasteiger partial charge in [-0.25, -0.2) is 9.78 Å². The van der Waals surface area contributed by atoms with E-state index in [9.17, 15) is 14.4 Å². The van der Waals surface area contributed by atoms with Crippen molar-refractivity contribution < 1.29 is 23.9 Å². The summed E-state index contributed by atoms with van der Waals surface area (Å²) in [7, 11) is 3.12. The number of carbonyl (C=O) groups is 3. The van der Waals surface area contributed by atoms with E-state index in [1.807, 2.05) is 0 Å². The Labute approximate surface area is 146 Å². The number of aryl methyl sites for hydroxylation is 1. The van der Waals surface area contributed by atoms with Crippen molar-refractivity contribution in [3.05, 3.63) is 18.2 Å². The number of nitrogens with zero attached hydrogens (tertiary/aromatic N) is 2. The third-order valence-electron chi connectivity index (χ3n) is 3.26. The Kier molecular flexibility index (Phi) is 7.93. The van der Waals surface area contributed by atoms with Crippen LogP contribution < -0.4 is 5.32 Å². The summed E-state index contributed by atoms with van der Waals surface area (Å²) in [5, 5.41) is 9.46. The van der Waals surface area contributed by atoms with Crippen molar-refractivity contribution in [2.45, 2.75) is 44.9 Å². The van der Waals surface area contributed by atoms with E-state index in [0.717, 1.165) is 0 Å². The van der Waals surface area contributed by atoms with Gasteiger partial charge in [0.25, 0.3) is 5.91 Å². The first-order chi connectivity index (χ1) is 11.8. The Morgan fingerprint density at radius 1 is 1.40 bits per heavy atom. The van der Waals surface area contributed by atoms with Crippen LogP contribution in [0.5, 0.6) is 0 Å². The lowest BCUT2D eigenvalue weighted by Crippen LogP contribution is -2.45. The van der Waals surface area contributed by atoms with Gasteiger partial charge in [-0.3, -0.25) is 9.59 Å². The number of ether oxygens (including phenoxy) is 2. The highest BCUT2D eigenvalue weighted by atomic mass is 16.5. The molecular formula is C16H24N4O5. The molecule has 1 aromatic rings. The van der Waals surface area contributed by atoms with Crippen LogP contribution in [0.1, 0.15) is 38.5 Å². The zero-order valence-corrected chi connectivity index (χ0v) is 14.8. The summed E-state index contributed by atoms with van der Waals surface area (Å²) in [4.78, 5) is 40.0. The van der Waals surface area contributed by atoms with Crippen molar-refractivity contribution in [1.82, 2.24) is 14.9 Å². The Morgan fingerprint density at radius 3 is 2.56 bits per heavy atom.